The number of benzene rings is 1. The third kappa shape index (κ3) is 7.25. The number of methoxy groups -OCH3 is 1. The standard InChI is InChI=1S/C27H43FN2O4/c1-7-12-22(19(3)29-20(4)31)17-27(5)24(33-6)16-23(26(32)34-25(28)13-8-2)30(27)18-21-14-10-9-11-15-21/h9-11,14-15,19,22-25H,7-8,12-13,16-18H2,1-6H3,(H,29,31)/t19?,22?,23-,24-,25?,27-/m1/s1. The van der Waals surface area contributed by atoms with E-state index in [2.05, 4.69) is 24.1 Å². The van der Waals surface area contributed by atoms with Gasteiger partial charge in [0.1, 0.15) is 6.04 Å². The molecule has 1 aromatic carbocycles. The second-order valence-electron chi connectivity index (χ2n) is 9.82. The van der Waals surface area contributed by atoms with E-state index in [9.17, 15) is 14.0 Å². The fourth-order valence-electron chi connectivity index (χ4n) is 5.38. The van der Waals surface area contributed by atoms with Crippen molar-refractivity contribution in [3.05, 3.63) is 35.9 Å². The molecule has 34 heavy (non-hydrogen) atoms. The summed E-state index contributed by atoms with van der Waals surface area (Å²) < 4.78 is 25.4. The molecule has 0 spiro atoms. The molecule has 2 rings (SSSR count). The lowest BCUT2D eigenvalue weighted by Crippen LogP contribution is -2.54. The van der Waals surface area contributed by atoms with E-state index < -0.39 is 23.9 Å². The molecule has 0 aliphatic carbocycles. The van der Waals surface area contributed by atoms with Crippen molar-refractivity contribution in [2.75, 3.05) is 7.11 Å². The van der Waals surface area contributed by atoms with Crippen molar-refractivity contribution < 1.29 is 23.5 Å². The quantitative estimate of drug-likeness (QED) is 0.404. The SMILES string of the molecule is CCCC(F)OC(=O)[C@H]1C[C@@H](OC)[C@@](C)(CC(CCC)C(C)NC(C)=O)N1Cc1ccccc1. The van der Waals surface area contributed by atoms with Crippen molar-refractivity contribution in [2.24, 2.45) is 5.92 Å². The van der Waals surface area contributed by atoms with E-state index in [1.165, 1.54) is 6.92 Å². The Morgan fingerprint density at radius 3 is 2.41 bits per heavy atom. The van der Waals surface area contributed by atoms with Crippen LogP contribution in [0.25, 0.3) is 0 Å². The molecular formula is C27H43FN2O4. The first-order chi connectivity index (χ1) is 16.2. The van der Waals surface area contributed by atoms with Gasteiger partial charge in [-0.2, -0.15) is 0 Å². The monoisotopic (exact) mass is 478 g/mol. The maximum absolute atomic E-state index is 14.2. The zero-order chi connectivity index (χ0) is 25.3. The number of carbonyl (C=O) groups excluding carboxylic acids is 2. The maximum Gasteiger partial charge on any atom is 0.326 e. The number of ether oxygens (including phenoxy) is 2. The third-order valence-electron chi connectivity index (χ3n) is 7.15. The van der Waals surface area contributed by atoms with Gasteiger partial charge in [0.15, 0.2) is 0 Å². The molecule has 3 unspecified atom stereocenters. The summed E-state index contributed by atoms with van der Waals surface area (Å²) in [5.41, 5.74) is 0.563. The molecule has 0 saturated carbocycles. The predicted octanol–water partition coefficient (Wildman–Crippen LogP) is 5.00. The molecule has 1 heterocycles. The van der Waals surface area contributed by atoms with E-state index in [1.54, 1.807) is 7.11 Å². The summed E-state index contributed by atoms with van der Waals surface area (Å²) in [6.07, 6.45) is 2.03. The Bertz CT molecular complexity index is 777. The first-order valence-electron chi connectivity index (χ1n) is 12.6. The van der Waals surface area contributed by atoms with E-state index in [1.807, 2.05) is 44.2 Å². The first-order valence-corrected chi connectivity index (χ1v) is 12.6. The van der Waals surface area contributed by atoms with Gasteiger partial charge in [0, 0.05) is 45.0 Å². The topological polar surface area (TPSA) is 67.9 Å². The number of likely N-dealkylation sites (tertiary alicyclic amines) is 1. The van der Waals surface area contributed by atoms with Crippen LogP contribution in [0.4, 0.5) is 4.39 Å². The fraction of sp³-hybridized carbons (Fsp3) is 0.704. The minimum absolute atomic E-state index is 0.0175. The van der Waals surface area contributed by atoms with Crippen LogP contribution in [-0.4, -0.2) is 54.0 Å². The van der Waals surface area contributed by atoms with Crippen molar-refractivity contribution >= 4 is 11.9 Å². The molecule has 1 saturated heterocycles. The third-order valence-corrected chi connectivity index (χ3v) is 7.15. The minimum Gasteiger partial charge on any atom is -0.430 e. The van der Waals surface area contributed by atoms with E-state index in [0.717, 1.165) is 24.8 Å². The molecule has 1 aliphatic heterocycles. The normalized spacial score (nSPS) is 25.5. The molecule has 1 aliphatic rings. The molecule has 7 heteroatoms. The van der Waals surface area contributed by atoms with Crippen molar-refractivity contribution in [3.8, 4) is 0 Å². The smallest absolute Gasteiger partial charge is 0.326 e. The van der Waals surface area contributed by atoms with Gasteiger partial charge in [-0.05, 0) is 44.6 Å². The summed E-state index contributed by atoms with van der Waals surface area (Å²) in [5, 5.41) is 3.05. The van der Waals surface area contributed by atoms with E-state index in [0.29, 0.717) is 19.4 Å². The van der Waals surface area contributed by atoms with Crippen LogP contribution in [0.15, 0.2) is 30.3 Å². The molecule has 192 valence electrons. The molecule has 0 aromatic heterocycles. The van der Waals surface area contributed by atoms with Gasteiger partial charge in [0.05, 0.1) is 6.10 Å². The lowest BCUT2D eigenvalue weighted by atomic mass is 9.79. The van der Waals surface area contributed by atoms with Gasteiger partial charge < -0.3 is 14.8 Å². The average molecular weight is 479 g/mol. The molecule has 6 atom stereocenters. The zero-order valence-electron chi connectivity index (χ0n) is 21.7. The molecule has 0 bridgehead atoms. The number of nitrogens with one attached hydrogen (secondary N) is 1. The number of rotatable bonds is 13. The van der Waals surface area contributed by atoms with E-state index in [4.69, 9.17) is 9.47 Å². The van der Waals surface area contributed by atoms with Crippen molar-refractivity contribution in [2.45, 2.75) is 110 Å². The fourth-order valence-corrected chi connectivity index (χ4v) is 5.38. The molecular weight excluding hydrogens is 435 g/mol. The Hall–Kier alpha value is -1.99. The second kappa shape index (κ2) is 13.2. The predicted molar refractivity (Wildman–Crippen MR) is 132 cm³/mol. The Morgan fingerprint density at radius 1 is 1.21 bits per heavy atom. The average Bonchev–Trinajstić information content (AvgIpc) is 3.05. The molecule has 1 aromatic rings. The number of nitrogens with zero attached hydrogens (tertiary/aromatic N) is 1. The van der Waals surface area contributed by atoms with Crippen LogP contribution in [0.1, 0.15) is 78.7 Å². The summed E-state index contributed by atoms with van der Waals surface area (Å²) in [6, 6.07) is 9.34. The van der Waals surface area contributed by atoms with Gasteiger partial charge in [-0.3, -0.25) is 14.5 Å². The van der Waals surface area contributed by atoms with Crippen LogP contribution in [0.3, 0.4) is 0 Å². The Labute approximate surface area is 204 Å². The lowest BCUT2D eigenvalue weighted by Gasteiger charge is -2.43. The number of amides is 1. The maximum atomic E-state index is 14.2. The van der Waals surface area contributed by atoms with Gasteiger partial charge >= 0.3 is 5.97 Å². The van der Waals surface area contributed by atoms with Gasteiger partial charge in [0.25, 0.3) is 0 Å². The summed E-state index contributed by atoms with van der Waals surface area (Å²) in [5.74, 6) is -0.399. The number of halogens is 1. The van der Waals surface area contributed by atoms with Gasteiger partial charge in [-0.15, -0.1) is 0 Å². The molecule has 1 amide bonds. The van der Waals surface area contributed by atoms with Crippen LogP contribution in [-0.2, 0) is 25.6 Å². The van der Waals surface area contributed by atoms with Gasteiger partial charge in [-0.25, -0.2) is 4.39 Å². The summed E-state index contributed by atoms with van der Waals surface area (Å²) in [7, 11) is 1.67. The molecule has 1 N–H and O–H groups in total. The Balaban J connectivity index is 2.40. The highest BCUT2D eigenvalue weighted by atomic mass is 19.1. The summed E-state index contributed by atoms with van der Waals surface area (Å²) in [4.78, 5) is 27.1. The van der Waals surface area contributed by atoms with Crippen LogP contribution < -0.4 is 5.32 Å². The Kier molecular flexibility index (Phi) is 11.0. The van der Waals surface area contributed by atoms with E-state index in [-0.39, 0.29) is 30.4 Å². The van der Waals surface area contributed by atoms with Crippen LogP contribution in [0.5, 0.6) is 0 Å². The largest absolute Gasteiger partial charge is 0.430 e. The number of hydrogen-bond acceptors (Lipinski definition) is 5. The zero-order valence-corrected chi connectivity index (χ0v) is 21.7. The van der Waals surface area contributed by atoms with Crippen LogP contribution >= 0.6 is 0 Å². The molecule has 0 radical (unpaired) electrons. The van der Waals surface area contributed by atoms with Crippen LogP contribution in [0.2, 0.25) is 0 Å². The van der Waals surface area contributed by atoms with E-state index >= 15 is 0 Å². The number of alkyl halides is 1. The van der Waals surface area contributed by atoms with Crippen LogP contribution in [0, 0.1) is 5.92 Å². The molecule has 6 nitrogen and oxygen atoms in total. The number of carbonyl (C=O) groups is 2. The minimum atomic E-state index is -1.60. The number of esters is 1. The summed E-state index contributed by atoms with van der Waals surface area (Å²) >= 11 is 0. The van der Waals surface area contributed by atoms with Crippen molar-refractivity contribution in [1.82, 2.24) is 10.2 Å². The lowest BCUT2D eigenvalue weighted by molar-refractivity contribution is -0.165. The van der Waals surface area contributed by atoms with Crippen molar-refractivity contribution in [3.63, 3.8) is 0 Å². The summed E-state index contributed by atoms with van der Waals surface area (Å²) in [6.45, 7) is 10.2. The first kappa shape index (κ1) is 28.2. The molecule has 1 fully saturated rings. The Morgan fingerprint density at radius 2 is 1.85 bits per heavy atom. The number of hydrogen-bond donors (Lipinski definition) is 1. The van der Waals surface area contributed by atoms with Gasteiger partial charge in [0.2, 0.25) is 12.3 Å². The second-order valence-corrected chi connectivity index (χ2v) is 9.82. The van der Waals surface area contributed by atoms with Crippen molar-refractivity contribution in [1.29, 1.82) is 0 Å². The highest BCUT2D eigenvalue weighted by molar-refractivity contribution is 5.77. The highest BCUT2D eigenvalue weighted by Gasteiger charge is 2.54. The van der Waals surface area contributed by atoms with Gasteiger partial charge in [-0.1, -0.05) is 50.6 Å². The highest BCUT2D eigenvalue weighted by Crippen LogP contribution is 2.43.